The molecule has 40 heavy (non-hydrogen) atoms. The Morgan fingerprint density at radius 3 is 1.82 bits per heavy atom. The number of halogens is 3. The first kappa shape index (κ1) is 35.4. The first-order valence-electron chi connectivity index (χ1n) is 12.0. The molecule has 4 heterocycles. The predicted molar refractivity (Wildman–Crippen MR) is 191 cm³/mol. The molecule has 2 aliphatic heterocycles. The fourth-order valence-electron chi connectivity index (χ4n) is 3.23. The average molecular weight is 740 g/mol. The first-order valence-corrected chi connectivity index (χ1v) is 25.0. The lowest BCUT2D eigenvalue weighted by molar-refractivity contribution is 0.109. The van der Waals surface area contributed by atoms with Crippen molar-refractivity contribution < 1.29 is 18.3 Å². The van der Waals surface area contributed by atoms with Gasteiger partial charge in [0.2, 0.25) is 0 Å². The van der Waals surface area contributed by atoms with Gasteiger partial charge in [-0.1, -0.05) is 31.2 Å². The zero-order chi connectivity index (χ0) is 28.9. The topological polar surface area (TPSA) is 85.8 Å². The highest BCUT2D eigenvalue weighted by Gasteiger charge is 2.17. The highest BCUT2D eigenvalue weighted by Crippen LogP contribution is 2.92. The van der Waals surface area contributed by atoms with Gasteiger partial charge in [-0.2, -0.15) is 9.97 Å². The van der Waals surface area contributed by atoms with E-state index in [0.29, 0.717) is 27.2 Å². The van der Waals surface area contributed by atoms with Crippen molar-refractivity contribution in [1.82, 2.24) is 15.3 Å². The highest BCUT2D eigenvalue weighted by atomic mass is 35.5. The summed E-state index contributed by atoms with van der Waals surface area (Å²) in [6, 6.07) is 11.3. The SMILES string of the molecule is C1COCCN1.Clc1ccc2oc(Cl)nc2c1.Clc1ccc2oc(N3CCOCC3)nc2c1.PPP(P)P(P)P. The Morgan fingerprint density at radius 1 is 0.800 bits per heavy atom. The first-order chi connectivity index (χ1) is 19.3. The number of anilines is 1. The molecule has 2 aromatic heterocycles. The molecular weight excluding hydrogens is 707 g/mol. The summed E-state index contributed by atoms with van der Waals surface area (Å²) in [4.78, 5) is 10.4. The maximum atomic E-state index is 5.90. The average Bonchev–Trinajstić information content (AvgIpc) is 3.57. The van der Waals surface area contributed by atoms with Crippen molar-refractivity contribution in [3.63, 3.8) is 0 Å². The summed E-state index contributed by atoms with van der Waals surface area (Å²) >= 11 is 17.1. The lowest BCUT2D eigenvalue weighted by Gasteiger charge is -2.24. The summed E-state index contributed by atoms with van der Waals surface area (Å²) in [7, 11) is 12.4. The van der Waals surface area contributed by atoms with E-state index in [1.807, 2.05) is 12.1 Å². The zero-order valence-electron chi connectivity index (χ0n) is 21.4. The number of morpholine rings is 2. The summed E-state index contributed by atoms with van der Waals surface area (Å²) < 4.78 is 21.0. The van der Waals surface area contributed by atoms with Gasteiger partial charge in [-0.3, -0.25) is 0 Å². The van der Waals surface area contributed by atoms with Gasteiger partial charge in [0, 0.05) is 36.2 Å². The molecule has 0 radical (unpaired) electrons. The zero-order valence-corrected chi connectivity index (χ0v) is 31.1. The minimum Gasteiger partial charge on any atom is -0.428 e. The van der Waals surface area contributed by atoms with Crippen LogP contribution in [-0.4, -0.2) is 62.6 Å². The van der Waals surface area contributed by atoms with Crippen LogP contribution in [0.25, 0.3) is 22.2 Å². The number of fused-ring (bicyclic) bond motifs is 2. The summed E-state index contributed by atoms with van der Waals surface area (Å²) in [5, 5.41) is 4.60. The summed E-state index contributed by atoms with van der Waals surface area (Å²) in [6.45, 7) is 7.37. The monoisotopic (exact) mass is 738 g/mol. The largest absolute Gasteiger partial charge is 0.428 e. The van der Waals surface area contributed by atoms with Crippen LogP contribution >= 0.6 is 92.4 Å². The molecule has 6 rings (SSSR count). The van der Waals surface area contributed by atoms with Gasteiger partial charge < -0.3 is 28.5 Å². The molecule has 18 heteroatoms. The van der Waals surface area contributed by atoms with Crippen LogP contribution in [0.1, 0.15) is 0 Å². The van der Waals surface area contributed by atoms with Crippen LogP contribution in [0, 0.1) is 0 Å². The smallest absolute Gasteiger partial charge is 0.298 e. The van der Waals surface area contributed by atoms with E-state index in [2.05, 4.69) is 55.9 Å². The van der Waals surface area contributed by atoms with Gasteiger partial charge in [-0.25, -0.2) is 0 Å². The van der Waals surface area contributed by atoms with E-state index in [0.717, 1.165) is 71.7 Å². The number of benzene rings is 2. The van der Waals surface area contributed by atoms with Crippen LogP contribution in [0.4, 0.5) is 6.01 Å². The van der Waals surface area contributed by atoms with Crippen LogP contribution in [0.15, 0.2) is 45.2 Å². The van der Waals surface area contributed by atoms with Crippen molar-refractivity contribution in [2.75, 3.05) is 57.5 Å². The van der Waals surface area contributed by atoms with Crippen molar-refractivity contribution >= 4 is 121 Å². The Hall–Kier alpha value is 0.940. The Labute approximate surface area is 262 Å². The van der Waals surface area contributed by atoms with Gasteiger partial charge in [-0.05, 0) is 62.0 Å². The number of rotatable bonds is 3. The van der Waals surface area contributed by atoms with Gasteiger partial charge in [0.15, 0.2) is 11.2 Å². The third-order valence-corrected chi connectivity index (χ3v) is 36.3. The fraction of sp³-hybridized carbons (Fsp3) is 0.364. The maximum Gasteiger partial charge on any atom is 0.298 e. The van der Waals surface area contributed by atoms with Gasteiger partial charge in [0.25, 0.3) is 11.4 Å². The normalized spacial score (nSPS) is 16.2. The number of oxazole rings is 2. The second kappa shape index (κ2) is 19.4. The van der Waals surface area contributed by atoms with E-state index in [1.165, 1.54) is 0 Å². The predicted octanol–water partition coefficient (Wildman–Crippen LogP) is 8.68. The number of aromatic nitrogens is 2. The van der Waals surface area contributed by atoms with Crippen LogP contribution < -0.4 is 10.2 Å². The van der Waals surface area contributed by atoms with Gasteiger partial charge in [-0.15, -0.1) is 35.7 Å². The van der Waals surface area contributed by atoms with Gasteiger partial charge in [0.05, 0.1) is 26.4 Å². The van der Waals surface area contributed by atoms with E-state index in [9.17, 15) is 0 Å². The molecule has 8 nitrogen and oxygen atoms in total. The van der Waals surface area contributed by atoms with Crippen LogP contribution in [0.5, 0.6) is 0 Å². The van der Waals surface area contributed by atoms with E-state index in [-0.39, 0.29) is 19.3 Å². The standard InChI is InChI=1S/C11H11ClN2O2.C7H3Cl2NO.C4H9NO.H9P7/c12-8-1-2-10-9(7-8)13-11(16-10)14-3-5-15-6-4-14;8-4-1-2-6-5(3-4)10-7(9)11-6;1-3-6-4-2-5-1;1-5-7(4)6(2)3/h1-2,7H,3-6H2;1-3H;5H,1-4H2;5H,1-4H2. The molecule has 0 aliphatic carbocycles. The summed E-state index contributed by atoms with van der Waals surface area (Å²) in [5.74, 6) is 0. The van der Waals surface area contributed by atoms with E-state index in [4.69, 9.17) is 53.1 Å². The third-order valence-electron chi connectivity index (χ3n) is 5.17. The molecule has 2 aliphatic rings. The minimum absolute atomic E-state index is 0.141. The number of hydrogen-bond donors (Lipinski definition) is 1. The Bertz CT molecular complexity index is 1300. The molecule has 1 N–H and O–H groups in total. The molecule has 2 fully saturated rings. The number of hydrogen-bond acceptors (Lipinski definition) is 8. The lowest BCUT2D eigenvalue weighted by Crippen LogP contribution is -2.36. The van der Waals surface area contributed by atoms with E-state index < -0.39 is 0 Å². The van der Waals surface area contributed by atoms with Gasteiger partial charge in [0.1, 0.15) is 11.0 Å². The Balaban J connectivity index is 0.000000160. The van der Waals surface area contributed by atoms with E-state index in [1.54, 1.807) is 24.3 Å². The van der Waals surface area contributed by atoms with Crippen molar-refractivity contribution in [3.05, 3.63) is 51.8 Å². The third kappa shape index (κ3) is 12.5. The molecule has 6 unspecified atom stereocenters. The molecule has 0 spiro atoms. The van der Waals surface area contributed by atoms with Crippen LogP contribution in [0.2, 0.25) is 15.4 Å². The van der Waals surface area contributed by atoms with E-state index >= 15 is 0 Å². The molecule has 6 atom stereocenters. The molecular formula is C22H32Cl3N4O4P7. The Kier molecular flexibility index (Phi) is 17.1. The Morgan fingerprint density at radius 2 is 1.35 bits per heavy atom. The maximum absolute atomic E-state index is 5.90. The lowest BCUT2D eigenvalue weighted by atomic mass is 10.3. The summed E-state index contributed by atoms with van der Waals surface area (Å²) in [6.07, 6.45) is 0. The quantitative estimate of drug-likeness (QED) is 0.209. The second-order valence-electron chi connectivity index (χ2n) is 8.00. The molecule has 2 aromatic carbocycles. The van der Waals surface area contributed by atoms with Crippen molar-refractivity contribution in [3.8, 4) is 0 Å². The summed E-state index contributed by atoms with van der Waals surface area (Å²) in [5.41, 5.74) is 2.90. The van der Waals surface area contributed by atoms with Gasteiger partial charge >= 0.3 is 0 Å². The molecule has 220 valence electrons. The minimum atomic E-state index is 0.141. The van der Waals surface area contributed by atoms with Crippen molar-refractivity contribution in [2.24, 2.45) is 0 Å². The second-order valence-corrected chi connectivity index (χ2v) is 31.4. The van der Waals surface area contributed by atoms with Crippen LogP contribution in [0.3, 0.4) is 0 Å². The molecule has 0 bridgehead atoms. The molecule has 4 aromatic rings. The number of nitrogens with zero attached hydrogens (tertiary/aromatic N) is 3. The fourth-order valence-corrected chi connectivity index (χ4v) is 19.9. The van der Waals surface area contributed by atoms with Crippen molar-refractivity contribution in [1.29, 1.82) is 0 Å². The molecule has 2 saturated heterocycles. The van der Waals surface area contributed by atoms with Crippen LogP contribution in [-0.2, 0) is 9.47 Å². The van der Waals surface area contributed by atoms with Crippen molar-refractivity contribution in [2.45, 2.75) is 0 Å². The highest BCUT2D eigenvalue weighted by molar-refractivity contribution is 8.98. The number of nitrogens with one attached hydrogen (secondary N) is 1. The molecule has 0 saturated carbocycles. The molecule has 0 amide bonds. The number of ether oxygens (including phenoxy) is 2.